The Hall–Kier alpha value is -1.73. The Morgan fingerprint density at radius 2 is 2.31 bits per heavy atom. The van der Waals surface area contributed by atoms with Crippen LogP contribution >= 0.6 is 11.6 Å². The third kappa shape index (κ3) is 2.44. The van der Waals surface area contributed by atoms with E-state index in [4.69, 9.17) is 16.9 Å². The number of nitrogens with zero attached hydrogens (tertiary/aromatic N) is 1. The van der Waals surface area contributed by atoms with Crippen molar-refractivity contribution in [2.45, 2.75) is 12.3 Å². The largest absolute Gasteiger partial charge is 0.507 e. The monoisotopic (exact) mass is 239 g/mol. The third-order valence-corrected chi connectivity index (χ3v) is 2.45. The minimum atomic E-state index is -0.458. The minimum Gasteiger partial charge on any atom is -0.507 e. The van der Waals surface area contributed by atoms with Crippen LogP contribution in [0.25, 0.3) is 0 Å². The maximum Gasteiger partial charge on any atom is 0.310 e. The molecule has 0 spiro atoms. The zero-order valence-electron chi connectivity index (χ0n) is 8.66. The second-order valence-electron chi connectivity index (χ2n) is 3.10. The van der Waals surface area contributed by atoms with Crippen LogP contribution in [0.15, 0.2) is 12.1 Å². The number of hydrogen-bond acceptors (Lipinski definition) is 4. The Morgan fingerprint density at radius 1 is 1.62 bits per heavy atom. The van der Waals surface area contributed by atoms with Crippen molar-refractivity contribution in [3.05, 3.63) is 28.8 Å². The van der Waals surface area contributed by atoms with Crippen LogP contribution in [-0.2, 0) is 21.8 Å². The van der Waals surface area contributed by atoms with Crippen molar-refractivity contribution < 1.29 is 14.6 Å². The van der Waals surface area contributed by atoms with E-state index >= 15 is 0 Å². The predicted octanol–water partition coefficient (Wildman–Crippen LogP) is 1.72. The number of ether oxygens (including phenoxy) is 1. The second-order valence-corrected chi connectivity index (χ2v) is 3.37. The molecule has 16 heavy (non-hydrogen) atoms. The molecule has 4 nitrogen and oxygen atoms in total. The van der Waals surface area contributed by atoms with Crippen molar-refractivity contribution in [3.8, 4) is 11.8 Å². The van der Waals surface area contributed by atoms with E-state index in [9.17, 15) is 9.90 Å². The van der Waals surface area contributed by atoms with Crippen LogP contribution in [0, 0.1) is 11.3 Å². The van der Waals surface area contributed by atoms with Gasteiger partial charge in [0.05, 0.1) is 31.0 Å². The summed E-state index contributed by atoms with van der Waals surface area (Å²) in [7, 11) is 1.27. The molecule has 1 aromatic carbocycles. The molecule has 0 saturated heterocycles. The SMILES string of the molecule is COC(=O)Cc1ccc(C#N)c(CCl)c1O. The Morgan fingerprint density at radius 3 is 2.81 bits per heavy atom. The van der Waals surface area contributed by atoms with Crippen molar-refractivity contribution >= 4 is 17.6 Å². The van der Waals surface area contributed by atoms with Gasteiger partial charge in [-0.05, 0) is 6.07 Å². The summed E-state index contributed by atoms with van der Waals surface area (Å²) < 4.78 is 4.49. The lowest BCUT2D eigenvalue weighted by atomic mass is 10.0. The van der Waals surface area contributed by atoms with Gasteiger partial charge in [-0.25, -0.2) is 0 Å². The van der Waals surface area contributed by atoms with E-state index in [0.29, 0.717) is 16.7 Å². The quantitative estimate of drug-likeness (QED) is 0.644. The zero-order chi connectivity index (χ0) is 12.1. The topological polar surface area (TPSA) is 70.3 Å². The van der Waals surface area contributed by atoms with E-state index in [1.807, 2.05) is 6.07 Å². The fourth-order valence-electron chi connectivity index (χ4n) is 1.30. The average molecular weight is 240 g/mol. The first-order valence-corrected chi connectivity index (χ1v) is 5.04. The van der Waals surface area contributed by atoms with Gasteiger partial charge in [0.25, 0.3) is 0 Å². The van der Waals surface area contributed by atoms with Crippen LogP contribution in [0.3, 0.4) is 0 Å². The van der Waals surface area contributed by atoms with Crippen LogP contribution in [0.5, 0.6) is 5.75 Å². The highest BCUT2D eigenvalue weighted by molar-refractivity contribution is 6.17. The standard InChI is InChI=1S/C11H10ClNO3/c1-16-10(14)4-7-2-3-8(6-13)9(5-12)11(7)15/h2-3,15H,4-5H2,1H3. The Labute approximate surface area is 98.0 Å². The molecule has 0 atom stereocenters. The molecule has 0 aliphatic heterocycles. The Bertz CT molecular complexity index is 451. The number of esters is 1. The van der Waals surface area contributed by atoms with E-state index in [1.165, 1.54) is 19.2 Å². The number of phenolic OH excluding ortho intramolecular Hbond substituents is 1. The van der Waals surface area contributed by atoms with Crippen LogP contribution in [0.4, 0.5) is 0 Å². The van der Waals surface area contributed by atoms with Gasteiger partial charge in [0.1, 0.15) is 5.75 Å². The fourth-order valence-corrected chi connectivity index (χ4v) is 1.57. The van der Waals surface area contributed by atoms with Gasteiger partial charge in [-0.2, -0.15) is 5.26 Å². The number of aromatic hydroxyl groups is 1. The van der Waals surface area contributed by atoms with Crippen LogP contribution in [0.1, 0.15) is 16.7 Å². The van der Waals surface area contributed by atoms with E-state index in [1.54, 1.807) is 0 Å². The average Bonchev–Trinajstić information content (AvgIpc) is 2.31. The minimum absolute atomic E-state index is 0.0176. The Balaban J connectivity index is 3.15. The molecule has 0 heterocycles. The predicted molar refractivity (Wildman–Crippen MR) is 58.1 cm³/mol. The first-order chi connectivity index (χ1) is 7.63. The first kappa shape index (κ1) is 12.3. The van der Waals surface area contributed by atoms with Crippen LogP contribution in [0.2, 0.25) is 0 Å². The molecule has 1 rings (SSSR count). The number of halogens is 1. The van der Waals surface area contributed by atoms with Crippen molar-refractivity contribution in [3.63, 3.8) is 0 Å². The van der Waals surface area contributed by atoms with Crippen molar-refractivity contribution in [1.82, 2.24) is 0 Å². The molecule has 0 aliphatic rings. The van der Waals surface area contributed by atoms with Gasteiger partial charge in [0.15, 0.2) is 0 Å². The van der Waals surface area contributed by atoms with Gasteiger partial charge >= 0.3 is 5.97 Å². The van der Waals surface area contributed by atoms with E-state index in [2.05, 4.69) is 4.74 Å². The number of carbonyl (C=O) groups excluding carboxylic acids is 1. The van der Waals surface area contributed by atoms with E-state index in [-0.39, 0.29) is 18.1 Å². The summed E-state index contributed by atoms with van der Waals surface area (Å²) in [4.78, 5) is 11.1. The number of phenols is 1. The highest BCUT2D eigenvalue weighted by atomic mass is 35.5. The van der Waals surface area contributed by atoms with Gasteiger partial charge in [0.2, 0.25) is 0 Å². The number of hydrogen-bond donors (Lipinski definition) is 1. The number of alkyl halides is 1. The van der Waals surface area contributed by atoms with Gasteiger partial charge < -0.3 is 9.84 Å². The molecule has 1 N–H and O–H groups in total. The van der Waals surface area contributed by atoms with Crippen LogP contribution in [-0.4, -0.2) is 18.2 Å². The molecule has 0 radical (unpaired) electrons. The smallest absolute Gasteiger partial charge is 0.310 e. The maximum atomic E-state index is 11.1. The van der Waals surface area contributed by atoms with E-state index < -0.39 is 5.97 Å². The molecule has 0 aliphatic carbocycles. The molecule has 0 aromatic heterocycles. The van der Waals surface area contributed by atoms with Crippen molar-refractivity contribution in [1.29, 1.82) is 5.26 Å². The molecule has 1 aromatic rings. The maximum absolute atomic E-state index is 11.1. The lowest BCUT2D eigenvalue weighted by molar-refractivity contribution is -0.139. The van der Waals surface area contributed by atoms with Gasteiger partial charge in [-0.1, -0.05) is 6.07 Å². The lowest BCUT2D eigenvalue weighted by Crippen LogP contribution is -2.05. The molecule has 0 amide bonds. The molecular weight excluding hydrogens is 230 g/mol. The number of nitriles is 1. The second kappa shape index (κ2) is 5.38. The highest BCUT2D eigenvalue weighted by Gasteiger charge is 2.14. The normalized spacial score (nSPS) is 9.56. The first-order valence-electron chi connectivity index (χ1n) is 4.50. The molecule has 5 heteroatoms. The summed E-state index contributed by atoms with van der Waals surface area (Å²) >= 11 is 5.63. The summed E-state index contributed by atoms with van der Waals surface area (Å²) in [6, 6.07) is 4.96. The summed E-state index contributed by atoms with van der Waals surface area (Å²) in [5, 5.41) is 18.6. The van der Waals surface area contributed by atoms with Crippen molar-refractivity contribution in [2.75, 3.05) is 7.11 Å². The molecule has 84 valence electrons. The van der Waals surface area contributed by atoms with Gasteiger partial charge in [-0.15, -0.1) is 11.6 Å². The van der Waals surface area contributed by atoms with Crippen molar-refractivity contribution in [2.24, 2.45) is 0 Å². The molecule has 0 saturated carbocycles. The summed E-state index contributed by atoms with van der Waals surface area (Å²) in [5.74, 6) is -0.552. The highest BCUT2D eigenvalue weighted by Crippen LogP contribution is 2.27. The number of methoxy groups -OCH3 is 1. The van der Waals surface area contributed by atoms with Gasteiger partial charge in [0, 0.05) is 11.1 Å². The number of benzene rings is 1. The molecule has 0 fully saturated rings. The Kier molecular flexibility index (Phi) is 4.15. The van der Waals surface area contributed by atoms with E-state index in [0.717, 1.165) is 0 Å². The number of rotatable bonds is 3. The summed E-state index contributed by atoms with van der Waals surface area (Å²) in [6.07, 6.45) is -0.0437. The molecule has 0 unspecified atom stereocenters. The molecule has 0 bridgehead atoms. The number of carbonyl (C=O) groups is 1. The summed E-state index contributed by atoms with van der Waals surface area (Å²) in [5.41, 5.74) is 1.05. The fraction of sp³-hybridized carbons (Fsp3) is 0.273. The summed E-state index contributed by atoms with van der Waals surface area (Å²) in [6.45, 7) is 0. The van der Waals surface area contributed by atoms with Crippen LogP contribution < -0.4 is 0 Å². The lowest BCUT2D eigenvalue weighted by Gasteiger charge is -2.08. The molecular formula is C11H10ClNO3. The third-order valence-electron chi connectivity index (χ3n) is 2.18. The zero-order valence-corrected chi connectivity index (χ0v) is 9.41. The van der Waals surface area contributed by atoms with Gasteiger partial charge in [-0.3, -0.25) is 4.79 Å².